The van der Waals surface area contributed by atoms with E-state index in [1.165, 1.54) is 0 Å². The lowest BCUT2D eigenvalue weighted by Gasteiger charge is -2.26. The highest BCUT2D eigenvalue weighted by atomic mass is 35.5. The zero-order valence-electron chi connectivity index (χ0n) is 16.9. The van der Waals surface area contributed by atoms with Gasteiger partial charge in [0, 0.05) is 35.1 Å². The highest BCUT2D eigenvalue weighted by Gasteiger charge is 2.41. The largest absolute Gasteiger partial charge is 0.452 e. The molecule has 5 rings (SSSR count). The van der Waals surface area contributed by atoms with Gasteiger partial charge < -0.3 is 14.6 Å². The number of benzene rings is 1. The van der Waals surface area contributed by atoms with Gasteiger partial charge in [0.25, 0.3) is 0 Å². The zero-order chi connectivity index (χ0) is 21.9. The van der Waals surface area contributed by atoms with Gasteiger partial charge in [-0.2, -0.15) is 0 Å². The standard InChI is InChI=1S/C24H19ClN4OS2/c25-17-6-8-18(9-7-17)32-21-11-10-20(30-21)23-22(19-5-1-2-13-27-19)28-24(31)29(23)15-16-4-3-12-26-14-16/h1-14,22-23H,15H2,(H,28,31). The molecule has 0 amide bonds. The quantitative estimate of drug-likeness (QED) is 0.338. The fraction of sp³-hybridized carbons (Fsp3) is 0.125. The second-order valence-electron chi connectivity index (χ2n) is 7.33. The SMILES string of the molecule is S=C1NC(c2ccccn2)C(c2ccc(Sc3ccc(Cl)cc3)o2)N1Cc1cccnc1. The van der Waals surface area contributed by atoms with E-state index < -0.39 is 0 Å². The molecule has 8 heteroatoms. The third-order valence-electron chi connectivity index (χ3n) is 5.20. The molecular weight excluding hydrogens is 460 g/mol. The number of aromatic nitrogens is 2. The van der Waals surface area contributed by atoms with E-state index in [-0.39, 0.29) is 12.1 Å². The molecule has 0 spiro atoms. The summed E-state index contributed by atoms with van der Waals surface area (Å²) in [5, 5.41) is 5.63. The van der Waals surface area contributed by atoms with E-state index in [1.807, 2.05) is 72.9 Å². The number of furan rings is 1. The Morgan fingerprint density at radius 1 is 1.03 bits per heavy atom. The van der Waals surface area contributed by atoms with E-state index in [0.717, 1.165) is 27.0 Å². The molecule has 0 radical (unpaired) electrons. The summed E-state index contributed by atoms with van der Waals surface area (Å²) in [4.78, 5) is 12.0. The van der Waals surface area contributed by atoms with Crippen LogP contribution in [0.2, 0.25) is 5.02 Å². The Morgan fingerprint density at radius 3 is 2.66 bits per heavy atom. The molecule has 1 saturated heterocycles. The molecule has 5 nitrogen and oxygen atoms in total. The fourth-order valence-corrected chi connectivity index (χ4v) is 4.95. The van der Waals surface area contributed by atoms with Crippen LogP contribution in [0.25, 0.3) is 0 Å². The molecule has 1 N–H and O–H groups in total. The summed E-state index contributed by atoms with van der Waals surface area (Å²) in [6.07, 6.45) is 5.42. The molecule has 4 heterocycles. The van der Waals surface area contributed by atoms with Crippen molar-refractivity contribution in [2.75, 3.05) is 0 Å². The number of hydrogen-bond acceptors (Lipinski definition) is 5. The topological polar surface area (TPSA) is 54.2 Å². The molecular formula is C24H19ClN4OS2. The minimum absolute atomic E-state index is 0.125. The number of thiocarbonyl (C=S) groups is 1. The molecule has 32 heavy (non-hydrogen) atoms. The molecule has 1 fully saturated rings. The molecule has 160 valence electrons. The monoisotopic (exact) mass is 478 g/mol. The first kappa shape index (κ1) is 21.0. The van der Waals surface area contributed by atoms with Crippen molar-refractivity contribution in [3.05, 3.63) is 107 Å². The Morgan fingerprint density at radius 2 is 1.91 bits per heavy atom. The number of halogens is 1. The maximum atomic E-state index is 6.32. The van der Waals surface area contributed by atoms with Crippen molar-refractivity contribution in [1.29, 1.82) is 0 Å². The first-order valence-electron chi connectivity index (χ1n) is 10.1. The Labute approximate surface area is 200 Å². The third-order valence-corrected chi connectivity index (χ3v) is 6.73. The van der Waals surface area contributed by atoms with Crippen LogP contribution in [-0.2, 0) is 6.54 Å². The predicted octanol–water partition coefficient (Wildman–Crippen LogP) is 6.05. The number of rotatable bonds is 6. The minimum Gasteiger partial charge on any atom is -0.452 e. The second kappa shape index (κ2) is 9.32. The van der Waals surface area contributed by atoms with Crippen molar-refractivity contribution in [2.24, 2.45) is 0 Å². The van der Waals surface area contributed by atoms with Crippen molar-refractivity contribution >= 4 is 40.7 Å². The average molecular weight is 479 g/mol. The van der Waals surface area contributed by atoms with E-state index in [0.29, 0.717) is 16.7 Å². The van der Waals surface area contributed by atoms with Crippen LogP contribution in [0, 0.1) is 0 Å². The maximum Gasteiger partial charge on any atom is 0.170 e. The van der Waals surface area contributed by atoms with Gasteiger partial charge in [-0.1, -0.05) is 35.5 Å². The molecule has 2 unspecified atom stereocenters. The van der Waals surface area contributed by atoms with Crippen LogP contribution >= 0.6 is 35.6 Å². The normalized spacial score (nSPS) is 18.0. The van der Waals surface area contributed by atoms with Gasteiger partial charge in [-0.25, -0.2) is 0 Å². The van der Waals surface area contributed by atoms with Crippen LogP contribution in [0.4, 0.5) is 0 Å². The Kier molecular flexibility index (Phi) is 6.12. The van der Waals surface area contributed by atoms with Crippen LogP contribution < -0.4 is 5.32 Å². The highest BCUT2D eigenvalue weighted by molar-refractivity contribution is 7.99. The summed E-state index contributed by atoms with van der Waals surface area (Å²) in [5.74, 6) is 0.827. The Hall–Kier alpha value is -2.87. The first-order valence-corrected chi connectivity index (χ1v) is 11.7. The first-order chi connectivity index (χ1) is 15.7. The molecule has 1 aromatic carbocycles. The van der Waals surface area contributed by atoms with Crippen LogP contribution in [-0.4, -0.2) is 20.0 Å². The molecule has 0 aliphatic carbocycles. The van der Waals surface area contributed by atoms with E-state index in [1.54, 1.807) is 24.2 Å². The van der Waals surface area contributed by atoms with Gasteiger partial charge in [0.2, 0.25) is 0 Å². The molecule has 2 atom stereocenters. The molecule has 3 aromatic heterocycles. The van der Waals surface area contributed by atoms with Crippen molar-refractivity contribution in [3.8, 4) is 0 Å². The van der Waals surface area contributed by atoms with E-state index >= 15 is 0 Å². The lowest BCUT2D eigenvalue weighted by molar-refractivity contribution is 0.254. The number of hydrogen-bond donors (Lipinski definition) is 1. The van der Waals surface area contributed by atoms with Crippen LogP contribution in [0.5, 0.6) is 0 Å². The highest BCUT2D eigenvalue weighted by Crippen LogP contribution is 2.41. The predicted molar refractivity (Wildman–Crippen MR) is 130 cm³/mol. The molecule has 0 bridgehead atoms. The Bertz CT molecular complexity index is 1200. The number of nitrogens with zero attached hydrogens (tertiary/aromatic N) is 3. The number of pyridine rings is 2. The zero-order valence-corrected chi connectivity index (χ0v) is 19.3. The van der Waals surface area contributed by atoms with Gasteiger partial charge in [0.05, 0.1) is 11.7 Å². The van der Waals surface area contributed by atoms with Gasteiger partial charge in [0.1, 0.15) is 11.8 Å². The lowest BCUT2D eigenvalue weighted by atomic mass is 10.0. The van der Waals surface area contributed by atoms with Gasteiger partial charge in [0.15, 0.2) is 10.2 Å². The lowest BCUT2D eigenvalue weighted by Crippen LogP contribution is -2.29. The van der Waals surface area contributed by atoms with Gasteiger partial charge in [-0.05, 0) is 72.4 Å². The molecule has 1 aliphatic rings. The maximum absolute atomic E-state index is 6.32. The van der Waals surface area contributed by atoms with Crippen LogP contribution in [0.3, 0.4) is 0 Å². The van der Waals surface area contributed by atoms with Crippen LogP contribution in [0.15, 0.2) is 99.7 Å². The van der Waals surface area contributed by atoms with Crippen molar-refractivity contribution in [3.63, 3.8) is 0 Å². The third kappa shape index (κ3) is 4.50. The smallest absolute Gasteiger partial charge is 0.170 e. The van der Waals surface area contributed by atoms with E-state index in [4.69, 9.17) is 28.2 Å². The summed E-state index contributed by atoms with van der Waals surface area (Å²) in [5.41, 5.74) is 1.99. The number of nitrogens with one attached hydrogen (secondary N) is 1. The fourth-order valence-electron chi connectivity index (χ4n) is 3.74. The summed E-state index contributed by atoms with van der Waals surface area (Å²) in [6.45, 7) is 0.619. The Balaban J connectivity index is 1.47. The second-order valence-corrected chi connectivity index (χ2v) is 9.23. The van der Waals surface area contributed by atoms with Crippen molar-refractivity contribution < 1.29 is 4.42 Å². The van der Waals surface area contributed by atoms with E-state index in [9.17, 15) is 0 Å². The summed E-state index contributed by atoms with van der Waals surface area (Å²) in [7, 11) is 0. The van der Waals surface area contributed by atoms with Crippen molar-refractivity contribution in [1.82, 2.24) is 20.2 Å². The van der Waals surface area contributed by atoms with Gasteiger partial charge in [-0.3, -0.25) is 9.97 Å². The van der Waals surface area contributed by atoms with Crippen molar-refractivity contribution in [2.45, 2.75) is 28.6 Å². The minimum atomic E-state index is -0.142. The molecule has 1 aliphatic heterocycles. The van der Waals surface area contributed by atoms with Crippen LogP contribution in [0.1, 0.15) is 29.1 Å². The molecule has 4 aromatic rings. The van der Waals surface area contributed by atoms with Gasteiger partial charge >= 0.3 is 0 Å². The average Bonchev–Trinajstić information content (AvgIpc) is 3.41. The molecule has 0 saturated carbocycles. The summed E-state index contributed by atoms with van der Waals surface area (Å²) >= 11 is 13.3. The van der Waals surface area contributed by atoms with Gasteiger partial charge in [-0.15, -0.1) is 0 Å². The van der Waals surface area contributed by atoms with E-state index in [2.05, 4.69) is 20.2 Å². The summed E-state index contributed by atoms with van der Waals surface area (Å²) in [6, 6.07) is 21.3. The summed E-state index contributed by atoms with van der Waals surface area (Å²) < 4.78 is 6.32.